The number of fused-ring (bicyclic) bond motifs is 2. The third kappa shape index (κ3) is 4.88. The van der Waals surface area contributed by atoms with Gasteiger partial charge in [-0.2, -0.15) is 9.97 Å². The zero-order valence-electron chi connectivity index (χ0n) is 22.0. The largest absolute Gasteiger partial charge is 0.378 e. The molecule has 0 unspecified atom stereocenters. The summed E-state index contributed by atoms with van der Waals surface area (Å²) in [6.07, 6.45) is 8.07. The molecular formula is C31H33N7O. The Kier molecular flexibility index (Phi) is 6.46. The van der Waals surface area contributed by atoms with Crippen molar-refractivity contribution >= 4 is 50.8 Å². The van der Waals surface area contributed by atoms with Crippen molar-refractivity contribution in [2.24, 2.45) is 0 Å². The summed E-state index contributed by atoms with van der Waals surface area (Å²) in [4.78, 5) is 17.1. The molecule has 198 valence electrons. The second-order valence-corrected chi connectivity index (χ2v) is 10.4. The fourth-order valence-electron chi connectivity index (χ4n) is 5.85. The van der Waals surface area contributed by atoms with Crippen molar-refractivity contribution in [1.82, 2.24) is 19.5 Å². The lowest BCUT2D eigenvalue weighted by atomic mass is 9.95. The Morgan fingerprint density at radius 1 is 0.795 bits per heavy atom. The smallest absolute Gasteiger partial charge is 0.231 e. The van der Waals surface area contributed by atoms with E-state index in [2.05, 4.69) is 86.8 Å². The Balaban J connectivity index is 1.25. The topological polar surface area (TPSA) is 80.1 Å². The van der Waals surface area contributed by atoms with E-state index < -0.39 is 0 Å². The molecule has 0 radical (unpaired) electrons. The number of benzene rings is 3. The fraction of sp³-hybridized carbons (Fsp3) is 0.323. The molecule has 2 N–H and O–H groups in total. The minimum Gasteiger partial charge on any atom is -0.378 e. The molecule has 1 saturated heterocycles. The average Bonchev–Trinajstić information content (AvgIpc) is 3.43. The number of nitrogens with zero attached hydrogens (tertiary/aromatic N) is 5. The van der Waals surface area contributed by atoms with Crippen molar-refractivity contribution in [2.75, 3.05) is 41.8 Å². The summed E-state index contributed by atoms with van der Waals surface area (Å²) < 4.78 is 7.77. The third-order valence-corrected chi connectivity index (χ3v) is 7.93. The summed E-state index contributed by atoms with van der Waals surface area (Å²) in [5.74, 6) is 1.26. The second kappa shape index (κ2) is 10.5. The van der Waals surface area contributed by atoms with Gasteiger partial charge in [0.2, 0.25) is 5.95 Å². The van der Waals surface area contributed by atoms with Crippen molar-refractivity contribution in [3.8, 4) is 0 Å². The summed E-state index contributed by atoms with van der Waals surface area (Å²) in [7, 11) is 0. The molecule has 1 aliphatic heterocycles. The molecule has 0 amide bonds. The van der Waals surface area contributed by atoms with Crippen molar-refractivity contribution < 1.29 is 4.74 Å². The number of hydrogen-bond acceptors (Lipinski definition) is 7. The number of hydrogen-bond donors (Lipinski definition) is 2. The molecular weight excluding hydrogens is 486 g/mol. The molecule has 3 aromatic carbocycles. The standard InChI is InChI=1S/C31H33N7O/c1-2-9-25(10-3-1)38-21-32-28-29(33-23-13-15-24(16-14-23)37-17-19-39-20-18-37)35-31(36-30(28)38)34-27-12-6-8-22-7-4-5-11-26(22)27/h4-8,11-16,21,25H,1-3,9-10,17-20H2,(H2,33,34,35,36). The molecule has 8 heteroatoms. The third-order valence-electron chi connectivity index (χ3n) is 7.93. The van der Waals surface area contributed by atoms with Crippen LogP contribution in [0.25, 0.3) is 21.9 Å². The van der Waals surface area contributed by atoms with E-state index >= 15 is 0 Å². The maximum Gasteiger partial charge on any atom is 0.231 e. The van der Waals surface area contributed by atoms with Gasteiger partial charge in [-0.25, -0.2) is 4.98 Å². The van der Waals surface area contributed by atoms with Crippen LogP contribution in [0.4, 0.5) is 28.8 Å². The predicted octanol–water partition coefficient (Wildman–Crippen LogP) is 6.81. The van der Waals surface area contributed by atoms with Gasteiger partial charge in [-0.1, -0.05) is 55.7 Å². The van der Waals surface area contributed by atoms with Gasteiger partial charge in [0, 0.05) is 41.6 Å². The predicted molar refractivity (Wildman–Crippen MR) is 157 cm³/mol. The molecule has 0 bridgehead atoms. The van der Waals surface area contributed by atoms with Crippen LogP contribution in [0.15, 0.2) is 73.1 Å². The minimum atomic E-state index is 0.421. The Bertz CT molecular complexity index is 1580. The number of anilines is 5. The SMILES string of the molecule is c1ccc2c(Nc3nc(Nc4ccc(N5CCOCC5)cc4)c4ncn(C5CCCCC5)c4n3)cccc2c1. The highest BCUT2D eigenvalue weighted by atomic mass is 16.5. The van der Waals surface area contributed by atoms with E-state index in [-0.39, 0.29) is 0 Å². The van der Waals surface area contributed by atoms with Crippen LogP contribution < -0.4 is 15.5 Å². The van der Waals surface area contributed by atoms with E-state index in [4.69, 9.17) is 19.7 Å². The molecule has 5 aromatic rings. The zero-order valence-corrected chi connectivity index (χ0v) is 22.0. The average molecular weight is 520 g/mol. The zero-order chi connectivity index (χ0) is 26.0. The molecule has 0 atom stereocenters. The number of rotatable bonds is 6. The Labute approximate surface area is 228 Å². The monoisotopic (exact) mass is 519 g/mol. The highest BCUT2D eigenvalue weighted by molar-refractivity contribution is 5.95. The number of ether oxygens (including phenoxy) is 1. The van der Waals surface area contributed by atoms with Gasteiger partial charge in [-0.05, 0) is 48.6 Å². The van der Waals surface area contributed by atoms with E-state index in [1.807, 2.05) is 6.33 Å². The van der Waals surface area contributed by atoms with Crippen molar-refractivity contribution in [2.45, 2.75) is 38.1 Å². The van der Waals surface area contributed by atoms with Crippen molar-refractivity contribution in [3.05, 3.63) is 73.1 Å². The molecule has 0 spiro atoms. The Morgan fingerprint density at radius 2 is 1.59 bits per heavy atom. The van der Waals surface area contributed by atoms with Crippen LogP contribution in [0.1, 0.15) is 38.1 Å². The van der Waals surface area contributed by atoms with Crippen LogP contribution >= 0.6 is 0 Å². The molecule has 8 nitrogen and oxygen atoms in total. The molecule has 2 aromatic heterocycles. The summed E-state index contributed by atoms with van der Waals surface area (Å²) in [5, 5.41) is 9.37. The number of morpholine rings is 1. The van der Waals surface area contributed by atoms with Gasteiger partial charge in [0.1, 0.15) is 0 Å². The van der Waals surface area contributed by atoms with Crippen LogP contribution in [0, 0.1) is 0 Å². The van der Waals surface area contributed by atoms with Crippen molar-refractivity contribution in [1.29, 1.82) is 0 Å². The maximum absolute atomic E-state index is 5.50. The lowest BCUT2D eigenvalue weighted by Crippen LogP contribution is -2.36. The van der Waals surface area contributed by atoms with E-state index in [0.29, 0.717) is 17.8 Å². The normalized spacial score (nSPS) is 16.6. The Hall–Kier alpha value is -4.17. The highest BCUT2D eigenvalue weighted by Gasteiger charge is 2.21. The van der Waals surface area contributed by atoms with Gasteiger partial charge in [0.05, 0.1) is 19.5 Å². The summed E-state index contributed by atoms with van der Waals surface area (Å²) >= 11 is 0. The quantitative estimate of drug-likeness (QED) is 0.255. The number of imidazole rings is 1. The molecule has 1 saturated carbocycles. The lowest BCUT2D eigenvalue weighted by molar-refractivity contribution is 0.122. The fourth-order valence-corrected chi connectivity index (χ4v) is 5.85. The van der Waals surface area contributed by atoms with Gasteiger partial charge in [-0.3, -0.25) is 0 Å². The highest BCUT2D eigenvalue weighted by Crippen LogP contribution is 2.34. The van der Waals surface area contributed by atoms with Gasteiger partial charge in [-0.15, -0.1) is 0 Å². The molecule has 3 heterocycles. The van der Waals surface area contributed by atoms with Crippen LogP contribution in [0.2, 0.25) is 0 Å². The van der Waals surface area contributed by atoms with E-state index in [0.717, 1.165) is 67.1 Å². The second-order valence-electron chi connectivity index (χ2n) is 10.4. The van der Waals surface area contributed by atoms with Crippen LogP contribution in [-0.4, -0.2) is 45.8 Å². The first-order valence-electron chi connectivity index (χ1n) is 14.0. The lowest BCUT2D eigenvalue weighted by Gasteiger charge is -2.28. The summed E-state index contributed by atoms with van der Waals surface area (Å²) in [5.41, 5.74) is 4.82. The van der Waals surface area contributed by atoms with Gasteiger partial charge in [0.25, 0.3) is 0 Å². The summed E-state index contributed by atoms with van der Waals surface area (Å²) in [6, 6.07) is 23.6. The van der Waals surface area contributed by atoms with Gasteiger partial charge in [0.15, 0.2) is 17.0 Å². The van der Waals surface area contributed by atoms with E-state index in [9.17, 15) is 0 Å². The number of nitrogens with one attached hydrogen (secondary N) is 2. The van der Waals surface area contributed by atoms with Gasteiger partial charge < -0.3 is 24.8 Å². The van der Waals surface area contributed by atoms with E-state index in [1.54, 1.807) is 0 Å². The summed E-state index contributed by atoms with van der Waals surface area (Å²) in [6.45, 7) is 3.38. The Morgan fingerprint density at radius 3 is 2.44 bits per heavy atom. The maximum atomic E-state index is 5.50. The molecule has 2 fully saturated rings. The van der Waals surface area contributed by atoms with Crippen LogP contribution in [-0.2, 0) is 4.74 Å². The molecule has 2 aliphatic rings. The first-order chi connectivity index (χ1) is 19.3. The van der Waals surface area contributed by atoms with Gasteiger partial charge >= 0.3 is 0 Å². The number of aromatic nitrogens is 4. The molecule has 7 rings (SSSR count). The van der Waals surface area contributed by atoms with E-state index in [1.165, 1.54) is 30.3 Å². The molecule has 39 heavy (non-hydrogen) atoms. The van der Waals surface area contributed by atoms with Crippen LogP contribution in [0.5, 0.6) is 0 Å². The first-order valence-corrected chi connectivity index (χ1v) is 14.0. The first kappa shape index (κ1) is 23.9. The minimum absolute atomic E-state index is 0.421. The molecule has 1 aliphatic carbocycles. The van der Waals surface area contributed by atoms with Crippen molar-refractivity contribution in [3.63, 3.8) is 0 Å². The van der Waals surface area contributed by atoms with Crippen LogP contribution in [0.3, 0.4) is 0 Å².